The van der Waals surface area contributed by atoms with Crippen molar-refractivity contribution < 1.29 is 38.2 Å². The molecule has 0 saturated heterocycles. The Morgan fingerprint density at radius 2 is 1.09 bits per heavy atom. The van der Waals surface area contributed by atoms with E-state index in [4.69, 9.17) is 14.2 Å². The average molecular weight is 751 g/mol. The fourth-order valence-corrected chi connectivity index (χ4v) is 4.93. The summed E-state index contributed by atoms with van der Waals surface area (Å²) in [4.78, 5) is 36.8. The number of carbonyl (C=O) groups is 3. The Hall–Kier alpha value is -4.01. The molecule has 0 heterocycles. The first-order valence-corrected chi connectivity index (χ1v) is 20.0. The molecule has 8 nitrogen and oxygen atoms in total. The van der Waals surface area contributed by atoms with Crippen LogP contribution in [-0.4, -0.2) is 80.6 Å². The first-order valence-electron chi connectivity index (χ1n) is 20.0. The standard InChI is InChI=1S/C46H71NO7/c1-6-8-10-12-14-16-18-20-21-22-23-25-27-29-31-33-35-37-45(49)54-42(40-52-39-38-43(46(50)51)47(3,4)5)41-53-44(48)36-34-32-30-28-26-24-19-17-15-13-11-9-7-2/h9,11,13-17,19-21,23-26,28-31,42-43H,6-8,10,12,18,22,27,32-41H2,1-5H3/p+1/b11-9+,15-13+,16-14+,19-17+,21-20+,25-23+,26-24+,30-28+,31-29+. The van der Waals surface area contributed by atoms with Crippen LogP contribution in [0.25, 0.3) is 0 Å². The van der Waals surface area contributed by atoms with E-state index in [-0.39, 0.29) is 49.1 Å². The van der Waals surface area contributed by atoms with Crippen LogP contribution in [0, 0.1) is 0 Å². The number of allylic oxidation sites excluding steroid dienone is 18. The van der Waals surface area contributed by atoms with Gasteiger partial charge in [0.2, 0.25) is 0 Å². The van der Waals surface area contributed by atoms with Gasteiger partial charge in [-0.3, -0.25) is 9.59 Å². The molecule has 0 saturated carbocycles. The van der Waals surface area contributed by atoms with E-state index in [0.717, 1.165) is 38.5 Å². The van der Waals surface area contributed by atoms with E-state index in [1.165, 1.54) is 25.7 Å². The lowest BCUT2D eigenvalue weighted by molar-refractivity contribution is -0.887. The van der Waals surface area contributed by atoms with Gasteiger partial charge in [0.25, 0.3) is 0 Å². The minimum Gasteiger partial charge on any atom is -0.477 e. The van der Waals surface area contributed by atoms with Crippen LogP contribution in [0.2, 0.25) is 0 Å². The summed E-state index contributed by atoms with van der Waals surface area (Å²) in [5.74, 6) is -1.66. The van der Waals surface area contributed by atoms with Gasteiger partial charge in [-0.25, -0.2) is 4.79 Å². The zero-order chi connectivity index (χ0) is 40.0. The molecule has 0 amide bonds. The second-order valence-electron chi connectivity index (χ2n) is 13.9. The quantitative estimate of drug-likeness (QED) is 0.0234. The lowest BCUT2D eigenvalue weighted by Crippen LogP contribution is -2.50. The smallest absolute Gasteiger partial charge is 0.362 e. The van der Waals surface area contributed by atoms with Crippen LogP contribution in [0.5, 0.6) is 0 Å². The summed E-state index contributed by atoms with van der Waals surface area (Å²) in [6, 6.07) is -0.641. The van der Waals surface area contributed by atoms with Crippen molar-refractivity contribution in [2.75, 3.05) is 41.0 Å². The summed E-state index contributed by atoms with van der Waals surface area (Å²) in [6.45, 7) is 4.38. The molecule has 0 aliphatic heterocycles. The molecule has 2 atom stereocenters. The molecule has 1 N–H and O–H groups in total. The highest BCUT2D eigenvalue weighted by molar-refractivity contribution is 5.72. The van der Waals surface area contributed by atoms with Crippen molar-refractivity contribution in [3.63, 3.8) is 0 Å². The highest BCUT2D eigenvalue weighted by atomic mass is 16.6. The molecule has 8 heteroatoms. The summed E-state index contributed by atoms with van der Waals surface area (Å²) in [6.07, 6.45) is 48.7. The first-order chi connectivity index (χ1) is 26.1. The number of esters is 2. The molecule has 0 radical (unpaired) electrons. The fraction of sp³-hybridized carbons (Fsp3) is 0.543. The molecule has 0 aromatic rings. The van der Waals surface area contributed by atoms with E-state index in [1.807, 2.05) is 75.8 Å². The Balaban J connectivity index is 4.64. The number of carboxylic acids is 1. The molecule has 302 valence electrons. The Bertz CT molecular complexity index is 1240. The average Bonchev–Trinajstić information content (AvgIpc) is 3.12. The van der Waals surface area contributed by atoms with Gasteiger partial charge in [0.1, 0.15) is 6.61 Å². The molecule has 2 unspecified atom stereocenters. The maximum atomic E-state index is 12.7. The third-order valence-corrected chi connectivity index (χ3v) is 8.03. The van der Waals surface area contributed by atoms with E-state index in [1.54, 1.807) is 0 Å². The van der Waals surface area contributed by atoms with Gasteiger partial charge in [0.05, 0.1) is 34.4 Å². The van der Waals surface area contributed by atoms with Crippen LogP contribution < -0.4 is 0 Å². The monoisotopic (exact) mass is 751 g/mol. The van der Waals surface area contributed by atoms with Crippen molar-refractivity contribution in [1.29, 1.82) is 0 Å². The van der Waals surface area contributed by atoms with E-state index in [2.05, 4.69) is 68.5 Å². The predicted molar refractivity (Wildman–Crippen MR) is 224 cm³/mol. The van der Waals surface area contributed by atoms with E-state index in [0.29, 0.717) is 19.3 Å². The lowest BCUT2D eigenvalue weighted by atomic mass is 10.1. The molecule has 0 aliphatic carbocycles. The molecule has 0 aromatic carbocycles. The molecular formula is C46H72NO7+. The molecular weight excluding hydrogens is 679 g/mol. The van der Waals surface area contributed by atoms with E-state index >= 15 is 0 Å². The highest BCUT2D eigenvalue weighted by Crippen LogP contribution is 2.10. The number of likely N-dealkylation sites (N-methyl/N-ethyl adjacent to an activating group) is 1. The Morgan fingerprint density at radius 1 is 0.593 bits per heavy atom. The van der Waals surface area contributed by atoms with Crippen molar-refractivity contribution in [3.8, 4) is 0 Å². The largest absolute Gasteiger partial charge is 0.477 e. The van der Waals surface area contributed by atoms with E-state index in [9.17, 15) is 19.5 Å². The SMILES string of the molecule is CC/C=C/C=C/C=C/C=C/C=C/CCCC(=O)OCC(COCCC(C(=O)O)[N+](C)(C)C)OC(=O)CCC/C=C/C/C=C/C/C=C/C/C=C/CCCCC. The van der Waals surface area contributed by atoms with Gasteiger partial charge in [0, 0.05) is 19.3 Å². The van der Waals surface area contributed by atoms with Crippen LogP contribution in [0.3, 0.4) is 0 Å². The summed E-state index contributed by atoms with van der Waals surface area (Å²) in [5.41, 5.74) is 0. The van der Waals surface area contributed by atoms with Crippen LogP contribution in [0.4, 0.5) is 0 Å². The summed E-state index contributed by atoms with van der Waals surface area (Å²) >= 11 is 0. The van der Waals surface area contributed by atoms with Crippen molar-refractivity contribution in [2.45, 2.75) is 122 Å². The van der Waals surface area contributed by atoms with Crippen molar-refractivity contribution >= 4 is 17.9 Å². The van der Waals surface area contributed by atoms with Gasteiger partial charge in [0.15, 0.2) is 12.1 Å². The molecule has 0 aliphatic rings. The Morgan fingerprint density at radius 3 is 1.63 bits per heavy atom. The number of unbranched alkanes of at least 4 members (excludes halogenated alkanes) is 5. The number of hydrogen-bond acceptors (Lipinski definition) is 6. The maximum Gasteiger partial charge on any atom is 0.362 e. The number of carbonyl (C=O) groups excluding carboxylic acids is 2. The second kappa shape index (κ2) is 36.0. The Labute approximate surface area is 328 Å². The number of hydrogen-bond donors (Lipinski definition) is 1. The number of rotatable bonds is 33. The summed E-state index contributed by atoms with van der Waals surface area (Å²) < 4.78 is 17.1. The van der Waals surface area contributed by atoms with Gasteiger partial charge in [-0.2, -0.15) is 0 Å². The first kappa shape index (κ1) is 50.0. The molecule has 0 spiro atoms. The maximum absolute atomic E-state index is 12.7. The van der Waals surface area contributed by atoms with Crippen LogP contribution >= 0.6 is 0 Å². The third kappa shape index (κ3) is 33.8. The van der Waals surface area contributed by atoms with Gasteiger partial charge in [-0.1, -0.05) is 136 Å². The highest BCUT2D eigenvalue weighted by Gasteiger charge is 2.31. The number of carboxylic acid groups (broad SMARTS) is 1. The molecule has 0 fully saturated rings. The van der Waals surface area contributed by atoms with Crippen molar-refractivity contribution in [1.82, 2.24) is 0 Å². The summed E-state index contributed by atoms with van der Waals surface area (Å²) in [7, 11) is 5.46. The zero-order valence-corrected chi connectivity index (χ0v) is 34.1. The lowest BCUT2D eigenvalue weighted by Gasteiger charge is -2.31. The minimum atomic E-state index is -0.900. The van der Waals surface area contributed by atoms with Crippen LogP contribution in [0.1, 0.15) is 110 Å². The number of ether oxygens (including phenoxy) is 3. The number of quaternary nitrogens is 1. The van der Waals surface area contributed by atoms with Crippen LogP contribution in [0.15, 0.2) is 109 Å². The van der Waals surface area contributed by atoms with Crippen LogP contribution in [-0.2, 0) is 28.6 Å². The number of nitrogens with zero attached hydrogens (tertiary/aromatic N) is 1. The predicted octanol–water partition coefficient (Wildman–Crippen LogP) is 10.5. The zero-order valence-electron chi connectivity index (χ0n) is 34.1. The van der Waals surface area contributed by atoms with E-state index < -0.39 is 18.1 Å². The second-order valence-corrected chi connectivity index (χ2v) is 13.9. The van der Waals surface area contributed by atoms with Gasteiger partial charge in [-0.05, 0) is 64.2 Å². The fourth-order valence-electron chi connectivity index (χ4n) is 4.93. The van der Waals surface area contributed by atoms with Crippen molar-refractivity contribution in [2.24, 2.45) is 0 Å². The Kier molecular flexibility index (Phi) is 33.3. The van der Waals surface area contributed by atoms with Crippen molar-refractivity contribution in [3.05, 3.63) is 109 Å². The molecule has 54 heavy (non-hydrogen) atoms. The summed E-state index contributed by atoms with van der Waals surface area (Å²) in [5, 5.41) is 9.59. The minimum absolute atomic E-state index is 0.00836. The van der Waals surface area contributed by atoms with Gasteiger partial charge < -0.3 is 23.8 Å². The topological polar surface area (TPSA) is 99.1 Å². The molecule has 0 bridgehead atoms. The van der Waals surface area contributed by atoms with Gasteiger partial charge in [-0.15, -0.1) is 0 Å². The number of aliphatic carboxylic acids is 1. The molecule has 0 rings (SSSR count). The normalized spacial score (nSPS) is 14.2. The van der Waals surface area contributed by atoms with Gasteiger partial charge >= 0.3 is 17.9 Å². The molecule has 0 aromatic heterocycles. The third-order valence-electron chi connectivity index (χ3n) is 8.03.